The maximum absolute atomic E-state index is 13.9. The van der Waals surface area contributed by atoms with Gasteiger partial charge in [-0.2, -0.15) is 0 Å². The molecule has 3 fully saturated rings. The molecule has 147 heavy (non-hydrogen) atoms. The zero-order valence-electron chi connectivity index (χ0n) is 87.3. The van der Waals surface area contributed by atoms with Gasteiger partial charge in [0, 0.05) is 232 Å². The Morgan fingerprint density at radius 2 is 0.735 bits per heavy atom. The van der Waals surface area contributed by atoms with Gasteiger partial charge in [-0.1, -0.05) is 61.4 Å². The van der Waals surface area contributed by atoms with E-state index in [0.29, 0.717) is 67.9 Å². The molecule has 0 aliphatic carbocycles. The summed E-state index contributed by atoms with van der Waals surface area (Å²) >= 11 is 26.3. The summed E-state index contributed by atoms with van der Waals surface area (Å²) in [6.07, 6.45) is 4.92. The van der Waals surface area contributed by atoms with Crippen molar-refractivity contribution >= 4 is 318 Å². The van der Waals surface area contributed by atoms with Gasteiger partial charge < -0.3 is 205 Å². The number of aliphatic hydroxyl groups excluding tert-OH is 1. The molecule has 31 nitrogen and oxygen atoms in total. The Morgan fingerprint density at radius 3 is 1.03 bits per heavy atom. The number of nitrogens with two attached hydrogens (primary N) is 5. The Hall–Kier alpha value is -0.0531. The average molecular weight is 3340 g/mol. The fourth-order valence-corrected chi connectivity index (χ4v) is 12.4. The minimum absolute atomic E-state index is 0. The van der Waals surface area contributed by atoms with Gasteiger partial charge in [-0.25, -0.2) is 34.4 Å². The Labute approximate surface area is 1060 Å². The van der Waals surface area contributed by atoms with Crippen LogP contribution < -0.4 is 55.4 Å². The number of nitrogen functional groups attached to an aromatic ring is 4. The Morgan fingerprint density at radius 1 is 0.463 bits per heavy atom. The van der Waals surface area contributed by atoms with E-state index in [9.17, 15) is 47.0 Å². The van der Waals surface area contributed by atoms with Crippen LogP contribution in [0.25, 0.3) is 22.5 Å². The summed E-state index contributed by atoms with van der Waals surface area (Å²) in [6.45, 7) is 34.3. The maximum Gasteiger partial charge on any atom is 0.495 e. The second-order valence-corrected chi connectivity index (χ2v) is 51.1. The van der Waals surface area contributed by atoms with Crippen molar-refractivity contribution in [2.45, 2.75) is 124 Å². The van der Waals surface area contributed by atoms with E-state index < -0.39 is 53.8 Å². The molecular weight excluding hydrogens is 3200 g/mol. The number of carbonyl (C=O) groups excluding carboxylic acids is 1. The van der Waals surface area contributed by atoms with E-state index in [-0.39, 0.29) is 173 Å². The molecule has 11 rings (SSSR count). The van der Waals surface area contributed by atoms with E-state index in [0.717, 1.165) is 81.9 Å². The van der Waals surface area contributed by atoms with Crippen molar-refractivity contribution in [1.29, 1.82) is 0 Å². The molecule has 0 saturated carbocycles. The predicted molar refractivity (Wildman–Crippen MR) is 661 cm³/mol. The number of alkyl halides is 1. The van der Waals surface area contributed by atoms with Gasteiger partial charge in [0.05, 0.1) is 60.5 Å². The summed E-state index contributed by atoms with van der Waals surface area (Å²) in [6, 6.07) is 26.8. The number of nitro groups is 2. The molecule has 5 aromatic carbocycles. The van der Waals surface area contributed by atoms with Crippen LogP contribution in [0.15, 0.2) is 141 Å². The van der Waals surface area contributed by atoms with Crippen molar-refractivity contribution in [2.24, 2.45) is 5.73 Å². The molecule has 0 amide bonds. The first kappa shape index (κ1) is 164. The number of pyridine rings is 3. The summed E-state index contributed by atoms with van der Waals surface area (Å²) in [5.74, 6) is -1.78. The number of carbonyl (C=O) groups is 1. The standard InChI is InChI=1S/C16H26BFN2O2.C15H18FN5O2.C15H20FN5.C12H24B2O4.C10H14BrFN2.C7H4BrFO.C5H4BrN3O2.C4H12N2.C2H5I.CI3.CHI2.2CH2I.CH4O.CH3.5V/c1-15(2)16(3,4)22-17(21-15)12-9-13(18)11-14(10-12)19-7-8-20(5)6;1-20(2)6-5-18-12-8-10(7-11(16)9-12)14-15(21(22)23)13(17)3-4-19-14;1-21(2)6-5-19-12-8-10(7-11(16)9-12)15-14(18)13(17)3-4-20-15;1-9(2)10(3,4)16-13(15-9)14-17-11(5,6)12(7,8)18-14;1-14(2)4-3-13-10-6-8(11)5-9(12)7-10;8-6-1-5(4-10)2-7(9)3-6;6-5-4(9(10)11)3(7)1-2-8-5;1-6(2)4-3-5;1-2-3;2-1(3)4;2-1-3;3*1-2;;;;;;/h9-11,19H,7-8H2,1-6H3;3-4,7-9,18H,5-6H2,1-2H3,(H2,17,19);3-4,7-9,19H,5-6,18H2,1-2H3,(H2,17,20);1-8H3;5-7,13H,3-4H2,1-2H3;1-4H;1-2H,(H2,7,8);3-5H2,1-2H3;2H2,1H3;;1H;2*1H2;2H,1H3;1H3;;;;;/q;;;;;;;;;4*-1;;-1;;;;;. The van der Waals surface area contributed by atoms with Crippen molar-refractivity contribution in [1.82, 2.24) is 39.5 Å². The number of halogens is 16. The number of aromatic nitrogens is 3. The Balaban J connectivity index is -0.000000210. The number of rotatable bonds is 25. The minimum atomic E-state index is -0.609. The van der Waals surface area contributed by atoms with Crippen molar-refractivity contribution in [3.05, 3.63) is 216 Å². The number of benzene rings is 5. The topological polar surface area (TPSA) is 412 Å². The van der Waals surface area contributed by atoms with E-state index >= 15 is 0 Å². The predicted octanol–water partition coefficient (Wildman–Crippen LogP) is 23.2. The molecule has 0 atom stereocenters. The van der Waals surface area contributed by atoms with Crippen LogP contribution >= 0.6 is 229 Å². The van der Waals surface area contributed by atoms with Crippen molar-refractivity contribution in [2.75, 3.05) is 192 Å². The molecular formula is C92H139B3Br3F5I8N19O12V5-5. The molecule has 3 aliphatic rings. The zero-order chi connectivity index (χ0) is 109. The second-order valence-electron chi connectivity index (χ2n) is 33.9. The zero-order valence-corrected chi connectivity index (χ0v) is 116. The van der Waals surface area contributed by atoms with Gasteiger partial charge in [0.25, 0.3) is 0 Å². The molecule has 3 saturated heterocycles. The van der Waals surface area contributed by atoms with E-state index in [1.807, 2.05) is 229 Å². The Bertz CT molecular complexity index is 4840. The van der Waals surface area contributed by atoms with Gasteiger partial charge in [0.2, 0.25) is 0 Å². The van der Waals surface area contributed by atoms with E-state index in [1.54, 1.807) is 24.4 Å². The summed E-state index contributed by atoms with van der Waals surface area (Å²) < 4.78 is 109. The number of aliphatic hydroxyl groups is 1. The third-order valence-corrected chi connectivity index (χ3v) is 21.3. The first-order valence-electron chi connectivity index (χ1n) is 42.7. The maximum atomic E-state index is 13.9. The van der Waals surface area contributed by atoms with E-state index in [4.69, 9.17) is 61.7 Å². The smallest absolute Gasteiger partial charge is 0.405 e. The molecule has 3 aliphatic heterocycles. The first-order chi connectivity index (χ1) is 65.6. The average Bonchev–Trinajstić information content (AvgIpc) is 1.59. The van der Waals surface area contributed by atoms with Crippen molar-refractivity contribution in [3.63, 3.8) is 0 Å². The molecule has 3 aromatic heterocycles. The molecule has 15 N–H and O–H groups in total. The van der Waals surface area contributed by atoms with Gasteiger partial charge in [-0.15, -0.1) is -0.0619 Å². The molecule has 8 aromatic rings. The largest absolute Gasteiger partial charge is 0.495 e. The molecule has 0 bridgehead atoms. The number of hydrogen-bond acceptors (Lipinski definition) is 29. The number of hydrogen-bond donors (Lipinski definition) is 10. The number of aldehydes is 1. The molecule has 0 unspecified atom stereocenters. The van der Waals surface area contributed by atoms with Crippen LogP contribution in [0.3, 0.4) is 0 Å². The number of likely N-dealkylation sites (N-methyl/N-ethyl adjacent to an activating group) is 5. The van der Waals surface area contributed by atoms with Crippen molar-refractivity contribution in [3.8, 4) is 22.5 Å². The quantitative estimate of drug-likeness (QED) is 0.00292. The Kier molecular flexibility index (Phi) is 97.1. The van der Waals surface area contributed by atoms with Crippen LogP contribution in [0.2, 0.25) is 0 Å². The van der Waals surface area contributed by atoms with Gasteiger partial charge in [0.15, 0.2) is 10.3 Å². The molecule has 55 heteroatoms. The third kappa shape index (κ3) is 67.3. The number of nitrogens with zero attached hydrogens (tertiary/aromatic N) is 10. The summed E-state index contributed by atoms with van der Waals surface area (Å²) in [7, 11) is 19.4. The SMILES string of the molecule is CC1(C)OB(B2OC(C)(C)C(C)(C)O2)OC1(C)C.CCI.CN(C)CCN.CN(C)CCNc1cc(F)cc(-c2nccc(N)c2N)c1.CN(C)CCNc1cc(F)cc(-c2nccc(N)c2[N+](=O)[O-])c1.CN(C)CCNc1cc(F)cc(B2OC(C)(C)C(C)(C)O2)c1.CN(C)CCNc1cc(F)cc(Br)c1.CO.I[C-](I)I.I[CH-]I.Nc1ccnc(Br)c1[N+](=O)[O-].O=Cc1cc(F)cc(Br)c1.[CH2-]I.[CH2-]I.[CH3-].[V].[V].[V].[V].[V]. The van der Waals surface area contributed by atoms with Gasteiger partial charge in [-0.3, -0.25) is 108 Å². The summed E-state index contributed by atoms with van der Waals surface area (Å²) in [4.78, 5) is 59.0. The van der Waals surface area contributed by atoms with Crippen LogP contribution in [0.5, 0.6) is 0 Å². The van der Waals surface area contributed by atoms with Gasteiger partial charge in [-0.05, 0) is 289 Å². The fraction of sp³-hybridized carbons (Fsp3) is 0.446. The van der Waals surface area contributed by atoms with Crippen LogP contribution in [0, 0.1) is 69.0 Å². The van der Waals surface area contributed by atoms with Crippen LogP contribution in [-0.4, -0.2) is 263 Å². The summed E-state index contributed by atoms with van der Waals surface area (Å²) in [5, 5.41) is 41.1. The molecule has 825 valence electrons. The molecule has 0 spiro atoms. The fourth-order valence-electron chi connectivity index (χ4n) is 11.0. The normalized spacial score (nSPS) is 13.5. The van der Waals surface area contributed by atoms with Crippen LogP contribution in [-0.2, 0) is 121 Å². The molecule has 6 heterocycles. The monoisotopic (exact) mass is 3340 g/mol. The summed E-state index contributed by atoms with van der Waals surface area (Å²) in [5.41, 5.74) is 31.2. The minimum Gasteiger partial charge on any atom is -0.405 e. The van der Waals surface area contributed by atoms with Crippen LogP contribution in [0.4, 0.5) is 78.8 Å². The van der Waals surface area contributed by atoms with Crippen LogP contribution in [0.1, 0.15) is 100 Å². The van der Waals surface area contributed by atoms with E-state index in [2.05, 4.69) is 251 Å². The van der Waals surface area contributed by atoms with E-state index in [1.165, 1.54) is 89.6 Å². The number of anilines is 8. The van der Waals surface area contributed by atoms with Crippen molar-refractivity contribution < 1.29 is 162 Å². The third-order valence-electron chi connectivity index (χ3n) is 19.8. The van der Waals surface area contributed by atoms with Gasteiger partial charge >= 0.3 is 32.5 Å². The van der Waals surface area contributed by atoms with Gasteiger partial charge in [0.1, 0.15) is 46.7 Å². The number of nitrogens with one attached hydrogen (secondary N) is 4. The first-order valence-corrected chi connectivity index (χ1v) is 55.4. The molecule has 5 radical (unpaired) electrons. The second kappa shape index (κ2) is 86.8.